The van der Waals surface area contributed by atoms with Gasteiger partial charge in [-0.1, -0.05) is 41.9 Å². The fourth-order valence-electron chi connectivity index (χ4n) is 3.75. The van der Waals surface area contributed by atoms with Gasteiger partial charge in [-0.05, 0) is 69.4 Å². The van der Waals surface area contributed by atoms with Crippen molar-refractivity contribution in [2.45, 2.75) is 17.4 Å². The molecule has 0 aliphatic heterocycles. The molecule has 0 aliphatic rings. The van der Waals surface area contributed by atoms with E-state index in [-0.39, 0.29) is 22.1 Å². The van der Waals surface area contributed by atoms with Crippen molar-refractivity contribution in [1.82, 2.24) is 9.71 Å². The van der Waals surface area contributed by atoms with Crippen LogP contribution >= 0.6 is 27.5 Å². The van der Waals surface area contributed by atoms with Crippen molar-refractivity contribution >= 4 is 54.4 Å². The van der Waals surface area contributed by atoms with Crippen molar-refractivity contribution in [1.29, 1.82) is 0 Å². The van der Waals surface area contributed by atoms with E-state index in [0.717, 1.165) is 16.5 Å². The number of hydrogen-bond acceptors (Lipinski definition) is 4. The summed E-state index contributed by atoms with van der Waals surface area (Å²) in [6, 6.07) is 16.1. The second kappa shape index (κ2) is 9.89. The molecule has 4 N–H and O–H groups in total. The zero-order valence-corrected chi connectivity index (χ0v) is 20.8. The Kier molecular flexibility index (Phi) is 7.11. The molecule has 34 heavy (non-hydrogen) atoms. The zero-order valence-electron chi connectivity index (χ0n) is 17.6. The van der Waals surface area contributed by atoms with Gasteiger partial charge in [0.05, 0.1) is 22.1 Å². The van der Waals surface area contributed by atoms with Crippen LogP contribution in [-0.2, 0) is 16.4 Å². The highest BCUT2D eigenvalue weighted by molar-refractivity contribution is 9.10. The van der Waals surface area contributed by atoms with Crippen molar-refractivity contribution < 1.29 is 23.4 Å². The summed E-state index contributed by atoms with van der Waals surface area (Å²) in [5.74, 6) is -1.15. The van der Waals surface area contributed by atoms with Gasteiger partial charge in [0, 0.05) is 27.6 Å². The Labute approximate surface area is 209 Å². The first-order valence-corrected chi connectivity index (χ1v) is 12.9. The summed E-state index contributed by atoms with van der Waals surface area (Å²) in [5.41, 5.74) is 2.88. The number of halogens is 2. The van der Waals surface area contributed by atoms with Crippen LogP contribution in [0.4, 0.5) is 0 Å². The van der Waals surface area contributed by atoms with E-state index in [1.807, 2.05) is 30.5 Å². The number of aliphatic hydroxyl groups excluding tert-OH is 1. The molecule has 0 fully saturated rings. The molecule has 1 aromatic heterocycles. The summed E-state index contributed by atoms with van der Waals surface area (Å²) in [4.78, 5) is 14.4. The number of H-pyrrole nitrogens is 1. The summed E-state index contributed by atoms with van der Waals surface area (Å²) >= 11 is 9.38. The zero-order chi connectivity index (χ0) is 24.5. The summed E-state index contributed by atoms with van der Waals surface area (Å²) < 4.78 is 29.4. The molecule has 0 saturated carbocycles. The number of fused-ring (bicyclic) bond motifs is 1. The SMILES string of the molecule is O=C(O)c1ccc(-c2ccc(Br)c(S(=O)(=O)N[C@@H](CO)Cc3c[nH]c4ccccc34)c2)cc1Cl. The van der Waals surface area contributed by atoms with Crippen molar-refractivity contribution in [2.75, 3.05) is 6.61 Å². The van der Waals surface area contributed by atoms with Gasteiger partial charge >= 0.3 is 5.97 Å². The van der Waals surface area contributed by atoms with Crippen molar-refractivity contribution in [2.24, 2.45) is 0 Å². The number of carboxylic acid groups (broad SMARTS) is 1. The number of aromatic nitrogens is 1. The summed E-state index contributed by atoms with van der Waals surface area (Å²) in [5, 5.41) is 20.1. The maximum atomic E-state index is 13.2. The average Bonchev–Trinajstić information content (AvgIpc) is 3.21. The van der Waals surface area contributed by atoms with E-state index in [4.69, 9.17) is 11.6 Å². The molecule has 1 heterocycles. The van der Waals surface area contributed by atoms with Gasteiger partial charge in [0.15, 0.2) is 0 Å². The maximum absolute atomic E-state index is 13.2. The van der Waals surface area contributed by atoms with Gasteiger partial charge < -0.3 is 15.2 Å². The van der Waals surface area contributed by atoms with Crippen LogP contribution in [-0.4, -0.2) is 42.2 Å². The number of para-hydroxylation sites is 1. The standard InChI is InChI=1S/C24H20BrClN2O5S/c25-20-8-6-15(14-5-7-19(24(30)31)21(26)10-14)11-23(20)34(32,33)28-17(13-29)9-16-12-27-22-4-2-1-3-18(16)22/h1-8,10-12,17,27-29H,9,13H2,(H,30,31)/t17-/m1/s1. The lowest BCUT2D eigenvalue weighted by atomic mass is 10.0. The molecule has 0 amide bonds. The summed E-state index contributed by atoms with van der Waals surface area (Å²) in [6.07, 6.45) is 2.10. The largest absolute Gasteiger partial charge is 0.478 e. The van der Waals surface area contributed by atoms with Crippen LogP contribution in [0, 0.1) is 0 Å². The molecule has 0 bridgehead atoms. The van der Waals surface area contributed by atoms with E-state index in [1.54, 1.807) is 18.2 Å². The number of aliphatic hydroxyl groups is 1. The van der Waals surface area contributed by atoms with Crippen LogP contribution in [0.2, 0.25) is 5.02 Å². The first-order chi connectivity index (χ1) is 16.2. The number of aromatic amines is 1. The lowest BCUT2D eigenvalue weighted by molar-refractivity contribution is 0.0697. The van der Waals surface area contributed by atoms with Crippen LogP contribution < -0.4 is 4.72 Å². The molecule has 7 nitrogen and oxygen atoms in total. The van der Waals surface area contributed by atoms with Crippen LogP contribution in [0.5, 0.6) is 0 Å². The maximum Gasteiger partial charge on any atom is 0.337 e. The molecular weight excluding hydrogens is 544 g/mol. The molecule has 4 rings (SSSR count). The predicted molar refractivity (Wildman–Crippen MR) is 135 cm³/mol. The topological polar surface area (TPSA) is 119 Å². The van der Waals surface area contributed by atoms with Crippen LogP contribution in [0.1, 0.15) is 15.9 Å². The highest BCUT2D eigenvalue weighted by atomic mass is 79.9. The van der Waals surface area contributed by atoms with Crippen molar-refractivity contribution in [3.63, 3.8) is 0 Å². The lowest BCUT2D eigenvalue weighted by Gasteiger charge is -2.17. The quantitative estimate of drug-likeness (QED) is 0.245. The first-order valence-electron chi connectivity index (χ1n) is 10.2. The van der Waals surface area contributed by atoms with E-state index in [2.05, 4.69) is 25.6 Å². The highest BCUT2D eigenvalue weighted by Gasteiger charge is 2.24. The average molecular weight is 564 g/mol. The van der Waals surface area contributed by atoms with E-state index >= 15 is 0 Å². The smallest absolute Gasteiger partial charge is 0.337 e. The monoisotopic (exact) mass is 562 g/mol. The Morgan fingerprint density at radius 1 is 1.09 bits per heavy atom. The summed E-state index contributed by atoms with van der Waals surface area (Å²) in [6.45, 7) is -0.387. The minimum atomic E-state index is -4.02. The Morgan fingerprint density at radius 2 is 1.79 bits per heavy atom. The van der Waals surface area contributed by atoms with E-state index in [0.29, 0.717) is 22.0 Å². The van der Waals surface area contributed by atoms with Crippen LogP contribution in [0.3, 0.4) is 0 Å². The normalized spacial score (nSPS) is 12.7. The van der Waals surface area contributed by atoms with E-state index < -0.39 is 22.0 Å². The highest BCUT2D eigenvalue weighted by Crippen LogP contribution is 2.31. The second-order valence-electron chi connectivity index (χ2n) is 7.71. The first kappa shape index (κ1) is 24.4. The molecule has 0 saturated heterocycles. The molecule has 3 aromatic carbocycles. The second-order valence-corrected chi connectivity index (χ2v) is 10.7. The van der Waals surface area contributed by atoms with E-state index in [1.165, 1.54) is 18.2 Å². The number of aromatic carboxylic acids is 1. The molecular formula is C24H20BrClN2O5S. The Hall–Kier alpha value is -2.69. The molecule has 0 spiro atoms. The third-order valence-corrected chi connectivity index (χ3v) is 8.26. The molecule has 176 valence electrons. The number of benzene rings is 3. The van der Waals surface area contributed by atoms with E-state index in [9.17, 15) is 23.4 Å². The van der Waals surface area contributed by atoms with Gasteiger partial charge in [0.2, 0.25) is 10.0 Å². The number of sulfonamides is 1. The lowest BCUT2D eigenvalue weighted by Crippen LogP contribution is -2.39. The number of carboxylic acids is 1. The Bertz CT molecular complexity index is 1490. The molecule has 4 aromatic rings. The third-order valence-electron chi connectivity index (χ3n) is 5.44. The number of hydrogen-bond donors (Lipinski definition) is 4. The van der Waals surface area contributed by atoms with Gasteiger partial charge in [-0.15, -0.1) is 0 Å². The molecule has 10 heteroatoms. The van der Waals surface area contributed by atoms with Crippen molar-refractivity contribution in [3.05, 3.63) is 87.5 Å². The minimum Gasteiger partial charge on any atom is -0.478 e. The van der Waals surface area contributed by atoms with Crippen molar-refractivity contribution in [3.8, 4) is 11.1 Å². The molecule has 1 atom stereocenters. The van der Waals surface area contributed by atoms with Crippen LogP contribution in [0.15, 0.2) is 76.2 Å². The van der Waals surface area contributed by atoms with Gasteiger partial charge in [-0.25, -0.2) is 17.9 Å². The van der Waals surface area contributed by atoms with Gasteiger partial charge in [0.25, 0.3) is 0 Å². The van der Waals surface area contributed by atoms with Gasteiger partial charge in [-0.3, -0.25) is 0 Å². The van der Waals surface area contributed by atoms with Crippen LogP contribution in [0.25, 0.3) is 22.0 Å². The summed E-state index contributed by atoms with van der Waals surface area (Å²) in [7, 11) is -4.02. The predicted octanol–water partition coefficient (Wildman–Crippen LogP) is 4.83. The third kappa shape index (κ3) is 5.03. The fraction of sp³-hybridized carbons (Fsp3) is 0.125. The number of nitrogens with one attached hydrogen (secondary N) is 2. The molecule has 0 radical (unpaired) electrons. The van der Waals surface area contributed by atoms with Gasteiger partial charge in [-0.2, -0.15) is 0 Å². The van der Waals surface area contributed by atoms with Gasteiger partial charge in [0.1, 0.15) is 0 Å². The Balaban J connectivity index is 1.62. The fourth-order valence-corrected chi connectivity index (χ4v) is 6.23. The minimum absolute atomic E-state index is 0.0131. The number of carbonyl (C=O) groups is 1. The Morgan fingerprint density at radius 3 is 2.50 bits per heavy atom. The molecule has 0 unspecified atom stereocenters. The molecule has 0 aliphatic carbocycles. The number of rotatable bonds is 8.